The van der Waals surface area contributed by atoms with Gasteiger partial charge in [0.25, 0.3) is 0 Å². The maximum atomic E-state index is 5.32. The lowest BCUT2D eigenvalue weighted by Crippen LogP contribution is -2.16. The Morgan fingerprint density at radius 2 is 1.16 bits per heavy atom. The van der Waals surface area contributed by atoms with Crippen molar-refractivity contribution in [2.75, 3.05) is 0 Å². The summed E-state index contributed by atoms with van der Waals surface area (Å²) in [5, 5.41) is 7.48. The molecule has 7 aromatic carbocycles. The summed E-state index contributed by atoms with van der Waals surface area (Å²) >= 11 is 0. The van der Waals surface area contributed by atoms with Gasteiger partial charge in [0.2, 0.25) is 5.78 Å². The van der Waals surface area contributed by atoms with Crippen molar-refractivity contribution in [1.29, 1.82) is 0 Å². The minimum absolute atomic E-state index is 0.103. The Kier molecular flexibility index (Phi) is 4.16. The van der Waals surface area contributed by atoms with Gasteiger partial charge in [-0.1, -0.05) is 105 Å². The third-order valence-corrected chi connectivity index (χ3v) is 10.5. The summed E-state index contributed by atoms with van der Waals surface area (Å²) in [7, 11) is 0. The van der Waals surface area contributed by atoms with E-state index in [1.807, 2.05) is 0 Å². The number of imidazole rings is 2. The molecule has 210 valence electrons. The molecule has 0 fully saturated rings. The maximum absolute atomic E-state index is 5.32. The van der Waals surface area contributed by atoms with E-state index in [9.17, 15) is 0 Å². The van der Waals surface area contributed by atoms with Gasteiger partial charge in [-0.05, 0) is 91.3 Å². The second-order valence-electron chi connectivity index (χ2n) is 13.3. The van der Waals surface area contributed by atoms with Crippen molar-refractivity contribution in [3.05, 3.63) is 139 Å². The van der Waals surface area contributed by atoms with Gasteiger partial charge < -0.3 is 0 Å². The standard InChI is InChI=1S/C42H27N3/c1-42(2)34-17-8-7-14-30(34)31-16-9-15-29(39(31)42)28-19-33-32-18-24-10-3-5-12-26(24)21-36(32)45-40(33)38(23-28)44-37-22-27-13-6-4-11-25(27)20-35(37)43-41(44)45/h3-23H,1-2H3. The monoisotopic (exact) mass is 573 g/mol. The summed E-state index contributed by atoms with van der Waals surface area (Å²) in [6.07, 6.45) is 0. The minimum Gasteiger partial charge on any atom is -0.277 e. The normalized spacial score (nSPS) is 14.2. The smallest absolute Gasteiger partial charge is 0.220 e. The fourth-order valence-electron chi connectivity index (χ4n) is 8.57. The van der Waals surface area contributed by atoms with Gasteiger partial charge in [-0.2, -0.15) is 0 Å². The number of nitrogens with zero attached hydrogens (tertiary/aromatic N) is 3. The highest BCUT2D eigenvalue weighted by atomic mass is 15.2. The molecule has 0 unspecified atom stereocenters. The fraction of sp³-hybridized carbons (Fsp3) is 0.0714. The van der Waals surface area contributed by atoms with Crippen molar-refractivity contribution in [3.63, 3.8) is 0 Å². The van der Waals surface area contributed by atoms with Crippen LogP contribution in [-0.4, -0.2) is 13.8 Å². The van der Waals surface area contributed by atoms with Gasteiger partial charge >= 0.3 is 0 Å². The quantitative estimate of drug-likeness (QED) is 0.191. The minimum atomic E-state index is -0.103. The molecule has 0 bridgehead atoms. The predicted molar refractivity (Wildman–Crippen MR) is 188 cm³/mol. The summed E-state index contributed by atoms with van der Waals surface area (Å²) < 4.78 is 4.79. The molecule has 1 aliphatic rings. The maximum Gasteiger partial charge on any atom is 0.220 e. The Hall–Kier alpha value is -5.67. The third-order valence-electron chi connectivity index (χ3n) is 10.5. The predicted octanol–water partition coefficient (Wildman–Crippen LogP) is 10.8. The number of hydrogen-bond acceptors (Lipinski definition) is 1. The summed E-state index contributed by atoms with van der Waals surface area (Å²) in [5.41, 5.74) is 13.7. The Morgan fingerprint density at radius 1 is 0.511 bits per heavy atom. The molecule has 0 amide bonds. The van der Waals surface area contributed by atoms with Gasteiger partial charge in [0.1, 0.15) is 0 Å². The molecule has 3 heteroatoms. The van der Waals surface area contributed by atoms with E-state index in [2.05, 4.69) is 150 Å². The van der Waals surface area contributed by atoms with E-state index in [0.29, 0.717) is 0 Å². The van der Waals surface area contributed by atoms with Crippen molar-refractivity contribution >= 4 is 65.7 Å². The van der Waals surface area contributed by atoms with Gasteiger partial charge in [-0.25, -0.2) is 4.98 Å². The fourth-order valence-corrected chi connectivity index (χ4v) is 8.57. The van der Waals surface area contributed by atoms with Crippen LogP contribution in [-0.2, 0) is 5.41 Å². The molecule has 11 rings (SSSR count). The molecule has 1 aliphatic carbocycles. The van der Waals surface area contributed by atoms with Crippen molar-refractivity contribution in [3.8, 4) is 22.3 Å². The summed E-state index contributed by atoms with van der Waals surface area (Å²) in [4.78, 5) is 5.32. The van der Waals surface area contributed by atoms with Gasteiger partial charge in [-0.3, -0.25) is 8.80 Å². The first-order chi connectivity index (χ1) is 22.1. The molecule has 10 aromatic rings. The Bertz CT molecular complexity index is 2900. The first-order valence-electron chi connectivity index (χ1n) is 15.7. The van der Waals surface area contributed by atoms with Crippen LogP contribution in [0.5, 0.6) is 0 Å². The van der Waals surface area contributed by atoms with Crippen molar-refractivity contribution in [2.24, 2.45) is 0 Å². The average Bonchev–Trinajstić information content (AvgIpc) is 3.76. The summed E-state index contributed by atoms with van der Waals surface area (Å²) in [6.45, 7) is 4.76. The molecule has 3 nitrogen and oxygen atoms in total. The number of aromatic nitrogens is 3. The molecule has 0 atom stereocenters. The highest BCUT2D eigenvalue weighted by Crippen LogP contribution is 2.52. The number of fused-ring (bicyclic) bond motifs is 13. The van der Waals surface area contributed by atoms with E-state index in [4.69, 9.17) is 4.98 Å². The zero-order valence-electron chi connectivity index (χ0n) is 25.0. The largest absolute Gasteiger partial charge is 0.277 e. The zero-order chi connectivity index (χ0) is 29.6. The Labute approximate surface area is 258 Å². The first-order valence-corrected chi connectivity index (χ1v) is 15.7. The van der Waals surface area contributed by atoms with Gasteiger partial charge in [0.05, 0.1) is 27.6 Å². The first kappa shape index (κ1) is 23.7. The van der Waals surface area contributed by atoms with E-state index < -0.39 is 0 Å². The lowest BCUT2D eigenvalue weighted by molar-refractivity contribution is 0.662. The molecule has 3 heterocycles. The number of rotatable bonds is 1. The van der Waals surface area contributed by atoms with Crippen molar-refractivity contribution in [2.45, 2.75) is 19.3 Å². The Morgan fingerprint density at radius 3 is 1.96 bits per heavy atom. The van der Waals surface area contributed by atoms with Crippen molar-refractivity contribution in [1.82, 2.24) is 13.8 Å². The highest BCUT2D eigenvalue weighted by Gasteiger charge is 2.37. The van der Waals surface area contributed by atoms with E-state index in [1.165, 1.54) is 82.2 Å². The lowest BCUT2D eigenvalue weighted by atomic mass is 9.78. The molecule has 3 aromatic heterocycles. The van der Waals surface area contributed by atoms with E-state index in [0.717, 1.165) is 16.8 Å². The molecule has 45 heavy (non-hydrogen) atoms. The van der Waals surface area contributed by atoms with E-state index in [-0.39, 0.29) is 5.41 Å². The van der Waals surface area contributed by atoms with Crippen LogP contribution in [0, 0.1) is 0 Å². The van der Waals surface area contributed by atoms with Crippen LogP contribution < -0.4 is 0 Å². The average molecular weight is 574 g/mol. The third kappa shape index (κ3) is 2.85. The second-order valence-corrected chi connectivity index (χ2v) is 13.3. The molecule has 0 saturated carbocycles. The van der Waals surface area contributed by atoms with Crippen molar-refractivity contribution < 1.29 is 0 Å². The topological polar surface area (TPSA) is 21.7 Å². The van der Waals surface area contributed by atoms with E-state index >= 15 is 0 Å². The Balaban J connectivity index is 1.33. The van der Waals surface area contributed by atoms with Gasteiger partial charge in [0.15, 0.2) is 0 Å². The van der Waals surface area contributed by atoms with Crippen LogP contribution in [0.3, 0.4) is 0 Å². The van der Waals surface area contributed by atoms with Crippen LogP contribution >= 0.6 is 0 Å². The molecular weight excluding hydrogens is 546 g/mol. The lowest BCUT2D eigenvalue weighted by Gasteiger charge is -2.24. The zero-order valence-corrected chi connectivity index (χ0v) is 25.0. The van der Waals surface area contributed by atoms with Crippen LogP contribution in [0.2, 0.25) is 0 Å². The van der Waals surface area contributed by atoms with E-state index in [1.54, 1.807) is 0 Å². The van der Waals surface area contributed by atoms with Crippen LogP contribution in [0.4, 0.5) is 0 Å². The molecule has 0 radical (unpaired) electrons. The van der Waals surface area contributed by atoms with Crippen LogP contribution in [0.15, 0.2) is 127 Å². The van der Waals surface area contributed by atoms with Crippen LogP contribution in [0.25, 0.3) is 87.9 Å². The van der Waals surface area contributed by atoms with Gasteiger partial charge in [-0.15, -0.1) is 0 Å². The molecule has 0 saturated heterocycles. The van der Waals surface area contributed by atoms with Gasteiger partial charge in [0, 0.05) is 16.2 Å². The van der Waals surface area contributed by atoms with Crippen LogP contribution in [0.1, 0.15) is 25.0 Å². The number of hydrogen-bond donors (Lipinski definition) is 0. The second kappa shape index (κ2) is 7.88. The molecule has 0 spiro atoms. The molecular formula is C42H27N3. The molecule has 0 N–H and O–H groups in total. The summed E-state index contributed by atoms with van der Waals surface area (Å²) in [5.74, 6) is 0.966. The summed E-state index contributed by atoms with van der Waals surface area (Å²) in [6, 6.07) is 47.2. The number of benzene rings is 7. The SMILES string of the molecule is CC1(C)c2ccccc2-c2cccc(-c3cc4c5cc6ccccc6cc5n5c4c(c3)n3c4cc6ccccc6cc4nc35)c21. The molecule has 0 aliphatic heterocycles. The highest BCUT2D eigenvalue weighted by molar-refractivity contribution is 6.20.